The van der Waals surface area contributed by atoms with Crippen LogP contribution in [0.15, 0.2) is 0 Å². The van der Waals surface area contributed by atoms with Gasteiger partial charge in [0.05, 0.1) is 0 Å². The molecule has 0 spiro atoms. The minimum absolute atomic E-state index is 0.315. The predicted molar refractivity (Wildman–Crippen MR) is 107 cm³/mol. The molecule has 0 aliphatic carbocycles. The molecule has 1 N–H and O–H groups in total. The maximum Gasteiger partial charge on any atom is 0.100 e. The maximum absolute atomic E-state index is 9.28. The molecule has 0 aromatic heterocycles. The van der Waals surface area contributed by atoms with E-state index in [2.05, 4.69) is 20.8 Å². The van der Waals surface area contributed by atoms with Crippen LogP contribution in [-0.2, 0) is 4.89 Å². The van der Waals surface area contributed by atoms with Crippen LogP contribution >= 0.6 is 0 Å². The minimum atomic E-state index is -0.315. The topological polar surface area (TPSA) is 29.5 Å². The second-order valence-corrected chi connectivity index (χ2v) is 7.99. The number of unbranched alkanes of at least 4 members (excludes halogenated alkanes) is 14. The Morgan fingerprint density at radius 2 is 0.833 bits per heavy atom. The van der Waals surface area contributed by atoms with Crippen LogP contribution in [-0.4, -0.2) is 10.9 Å². The molecule has 0 heterocycles. The summed E-state index contributed by atoms with van der Waals surface area (Å²) in [4.78, 5) is 4.86. The monoisotopic (exact) mass is 342 g/mol. The van der Waals surface area contributed by atoms with Gasteiger partial charge in [-0.25, -0.2) is 4.89 Å². The first-order chi connectivity index (χ1) is 11.7. The minimum Gasteiger partial charge on any atom is -0.251 e. The molecule has 0 aliphatic rings. The van der Waals surface area contributed by atoms with E-state index >= 15 is 0 Å². The molecule has 24 heavy (non-hydrogen) atoms. The van der Waals surface area contributed by atoms with E-state index < -0.39 is 0 Å². The van der Waals surface area contributed by atoms with Crippen molar-refractivity contribution in [2.24, 2.45) is 0 Å². The summed E-state index contributed by atoms with van der Waals surface area (Å²) in [6, 6.07) is 0. The number of hydrogen-bond acceptors (Lipinski definition) is 2. The predicted octanol–water partition coefficient (Wildman–Crippen LogP) is 8.30. The van der Waals surface area contributed by atoms with E-state index in [1.165, 1.54) is 103 Å². The third-order valence-corrected chi connectivity index (χ3v) is 5.34. The van der Waals surface area contributed by atoms with Gasteiger partial charge < -0.3 is 0 Å². The third kappa shape index (κ3) is 15.4. The molecule has 0 atom stereocenters. The van der Waals surface area contributed by atoms with Gasteiger partial charge in [0.2, 0.25) is 0 Å². The van der Waals surface area contributed by atoms with Crippen LogP contribution in [0.2, 0.25) is 0 Å². The van der Waals surface area contributed by atoms with Crippen molar-refractivity contribution in [3.63, 3.8) is 0 Å². The Hall–Kier alpha value is -0.0800. The summed E-state index contributed by atoms with van der Waals surface area (Å²) in [6.07, 6.45) is 23.3. The first-order valence-corrected chi connectivity index (χ1v) is 11.0. The molecule has 0 fully saturated rings. The van der Waals surface area contributed by atoms with E-state index in [0.717, 1.165) is 12.8 Å². The van der Waals surface area contributed by atoms with Gasteiger partial charge in [0.25, 0.3) is 0 Å². The molecule has 0 unspecified atom stereocenters. The van der Waals surface area contributed by atoms with Gasteiger partial charge in [0, 0.05) is 0 Å². The van der Waals surface area contributed by atoms with Crippen molar-refractivity contribution in [3.05, 3.63) is 0 Å². The largest absolute Gasteiger partial charge is 0.251 e. The molecule has 0 bridgehead atoms. The van der Waals surface area contributed by atoms with E-state index in [0.29, 0.717) is 0 Å². The fraction of sp³-hybridized carbons (Fsp3) is 1.00. The van der Waals surface area contributed by atoms with Gasteiger partial charge in [-0.2, -0.15) is 0 Å². The molecule has 0 saturated carbocycles. The lowest BCUT2D eigenvalue weighted by molar-refractivity contribution is -0.322. The summed E-state index contributed by atoms with van der Waals surface area (Å²) < 4.78 is 0. The number of hydrogen-bond donors (Lipinski definition) is 1. The summed E-state index contributed by atoms with van der Waals surface area (Å²) in [7, 11) is 0. The average Bonchev–Trinajstić information content (AvgIpc) is 2.59. The molecule has 0 rings (SSSR count). The van der Waals surface area contributed by atoms with Gasteiger partial charge in [-0.3, -0.25) is 5.26 Å². The molecular weight excluding hydrogens is 296 g/mol. The molecule has 2 nitrogen and oxygen atoms in total. The summed E-state index contributed by atoms with van der Waals surface area (Å²) in [5, 5.41) is 9.28. The Kier molecular flexibility index (Phi) is 17.7. The highest BCUT2D eigenvalue weighted by atomic mass is 17.1. The van der Waals surface area contributed by atoms with Crippen LogP contribution in [0.1, 0.15) is 136 Å². The standard InChI is InChI=1S/C22H46O2/c1-4-6-8-10-12-14-16-18-20-22(3,24-23)21-19-17-15-13-11-9-7-5-2/h23H,4-21H2,1-3H3. The zero-order chi connectivity index (χ0) is 17.9. The summed E-state index contributed by atoms with van der Waals surface area (Å²) >= 11 is 0. The molecule has 0 aromatic carbocycles. The van der Waals surface area contributed by atoms with Crippen molar-refractivity contribution in [1.29, 1.82) is 0 Å². The van der Waals surface area contributed by atoms with Crippen molar-refractivity contribution in [2.75, 3.05) is 0 Å². The molecule has 0 amide bonds. The Morgan fingerprint density at radius 3 is 1.12 bits per heavy atom. The van der Waals surface area contributed by atoms with Crippen LogP contribution < -0.4 is 0 Å². The van der Waals surface area contributed by atoms with E-state index in [1.807, 2.05) is 0 Å². The zero-order valence-corrected chi connectivity index (χ0v) is 17.1. The summed E-state index contributed by atoms with van der Waals surface area (Å²) in [6.45, 7) is 6.61. The highest BCUT2D eigenvalue weighted by molar-refractivity contribution is 4.73. The van der Waals surface area contributed by atoms with Crippen molar-refractivity contribution in [1.82, 2.24) is 0 Å². The molecule has 2 heteroatoms. The van der Waals surface area contributed by atoms with Crippen molar-refractivity contribution < 1.29 is 10.1 Å². The quantitative estimate of drug-likeness (QED) is 0.145. The van der Waals surface area contributed by atoms with E-state index in [1.54, 1.807) is 0 Å². The van der Waals surface area contributed by atoms with Gasteiger partial charge in [0.1, 0.15) is 5.60 Å². The third-order valence-electron chi connectivity index (χ3n) is 5.34. The zero-order valence-electron chi connectivity index (χ0n) is 17.1. The van der Waals surface area contributed by atoms with Crippen molar-refractivity contribution >= 4 is 0 Å². The molecule has 0 aliphatic heterocycles. The Balaban J connectivity index is 3.51. The van der Waals surface area contributed by atoms with Crippen molar-refractivity contribution in [3.8, 4) is 0 Å². The molecule has 0 radical (unpaired) electrons. The molecule has 0 saturated heterocycles. The van der Waals surface area contributed by atoms with E-state index in [4.69, 9.17) is 4.89 Å². The van der Waals surface area contributed by atoms with Gasteiger partial charge in [-0.1, -0.05) is 117 Å². The fourth-order valence-corrected chi connectivity index (χ4v) is 3.48. The Labute approximate surface area is 152 Å². The Morgan fingerprint density at radius 1 is 0.542 bits per heavy atom. The van der Waals surface area contributed by atoms with Gasteiger partial charge >= 0.3 is 0 Å². The van der Waals surface area contributed by atoms with Gasteiger partial charge in [0.15, 0.2) is 0 Å². The van der Waals surface area contributed by atoms with E-state index in [-0.39, 0.29) is 5.60 Å². The first kappa shape index (κ1) is 23.9. The molecular formula is C22H46O2. The van der Waals surface area contributed by atoms with Crippen molar-refractivity contribution in [2.45, 2.75) is 142 Å². The van der Waals surface area contributed by atoms with Gasteiger partial charge in [-0.05, 0) is 19.8 Å². The lowest BCUT2D eigenvalue weighted by Gasteiger charge is -2.26. The molecule has 146 valence electrons. The van der Waals surface area contributed by atoms with Crippen LogP contribution in [0.25, 0.3) is 0 Å². The van der Waals surface area contributed by atoms with E-state index in [9.17, 15) is 5.26 Å². The highest BCUT2D eigenvalue weighted by Gasteiger charge is 2.24. The summed E-state index contributed by atoms with van der Waals surface area (Å²) in [5.41, 5.74) is -0.315. The average molecular weight is 343 g/mol. The summed E-state index contributed by atoms with van der Waals surface area (Å²) in [5.74, 6) is 0. The second kappa shape index (κ2) is 17.7. The SMILES string of the molecule is CCCCCCCCCCC(C)(CCCCCCCCCC)OO. The normalized spacial score (nSPS) is 12.0. The van der Waals surface area contributed by atoms with Gasteiger partial charge in [-0.15, -0.1) is 0 Å². The van der Waals surface area contributed by atoms with Crippen LogP contribution in [0, 0.1) is 0 Å². The first-order valence-electron chi connectivity index (χ1n) is 11.0. The number of rotatable bonds is 19. The lowest BCUT2D eigenvalue weighted by Crippen LogP contribution is -2.27. The smallest absolute Gasteiger partial charge is 0.100 e. The molecule has 0 aromatic rings. The highest BCUT2D eigenvalue weighted by Crippen LogP contribution is 2.26. The fourth-order valence-electron chi connectivity index (χ4n) is 3.48. The lowest BCUT2D eigenvalue weighted by atomic mass is 9.91. The van der Waals surface area contributed by atoms with Crippen LogP contribution in [0.4, 0.5) is 0 Å². The Bertz CT molecular complexity index is 220. The maximum atomic E-state index is 9.28. The van der Waals surface area contributed by atoms with Crippen LogP contribution in [0.5, 0.6) is 0 Å². The second-order valence-electron chi connectivity index (χ2n) is 7.99. The van der Waals surface area contributed by atoms with Crippen LogP contribution in [0.3, 0.4) is 0 Å².